The van der Waals surface area contributed by atoms with Crippen LogP contribution in [0.3, 0.4) is 0 Å². The second-order valence-electron chi connectivity index (χ2n) is 8.52. The van der Waals surface area contributed by atoms with Crippen LogP contribution in [0.15, 0.2) is 48.7 Å². The summed E-state index contributed by atoms with van der Waals surface area (Å²) < 4.78 is 11.5. The van der Waals surface area contributed by atoms with E-state index >= 15 is 0 Å². The molecule has 4 aromatic rings. The molecule has 11 heteroatoms. The lowest BCUT2D eigenvalue weighted by atomic mass is 10.1. The predicted molar refractivity (Wildman–Crippen MR) is 132 cm³/mol. The van der Waals surface area contributed by atoms with Crippen molar-refractivity contribution in [1.29, 1.82) is 0 Å². The van der Waals surface area contributed by atoms with Crippen molar-refractivity contribution in [3.05, 3.63) is 54.2 Å². The van der Waals surface area contributed by atoms with Gasteiger partial charge in [0.15, 0.2) is 5.82 Å². The lowest BCUT2D eigenvalue weighted by molar-refractivity contribution is -0.142. The molecule has 2 aromatic heterocycles. The molecule has 11 nitrogen and oxygen atoms in total. The van der Waals surface area contributed by atoms with E-state index in [0.717, 1.165) is 16.5 Å². The number of nitrogens with one attached hydrogen (secondary N) is 1. The topological polar surface area (TPSA) is 126 Å². The standard InChI is InChI=1S/C25H25N7O4/c1-31(2)23(34)21(33)14-16-6-8-17(9-7-16)36-25-28-22(18-4-3-5-20-19(18)15-26-30-20)27-24(29-25)32-10-12-35-13-11-32/h3-9,15H,10-14H2,1-2H3,(H,26,30). The van der Waals surface area contributed by atoms with Crippen molar-refractivity contribution in [1.82, 2.24) is 30.0 Å². The summed E-state index contributed by atoms with van der Waals surface area (Å²) in [7, 11) is 3.11. The van der Waals surface area contributed by atoms with E-state index in [1.54, 1.807) is 44.6 Å². The van der Waals surface area contributed by atoms with Crippen LogP contribution in [0.2, 0.25) is 0 Å². The van der Waals surface area contributed by atoms with Crippen molar-refractivity contribution >= 4 is 28.5 Å². The quantitative estimate of drug-likeness (QED) is 0.391. The number of ether oxygens (including phenoxy) is 2. The fourth-order valence-corrected chi connectivity index (χ4v) is 3.87. The first-order valence-corrected chi connectivity index (χ1v) is 11.5. The number of anilines is 1. The maximum atomic E-state index is 12.1. The average Bonchev–Trinajstić information content (AvgIpc) is 3.39. The molecule has 5 rings (SSSR count). The Labute approximate surface area is 207 Å². The number of morpholine rings is 1. The minimum atomic E-state index is -0.531. The maximum Gasteiger partial charge on any atom is 0.327 e. The Morgan fingerprint density at radius 3 is 2.58 bits per heavy atom. The first kappa shape index (κ1) is 23.4. The number of amides is 1. The number of carbonyl (C=O) groups is 2. The molecule has 3 heterocycles. The zero-order chi connectivity index (χ0) is 25.1. The summed E-state index contributed by atoms with van der Waals surface area (Å²) in [5, 5.41) is 8.00. The summed E-state index contributed by atoms with van der Waals surface area (Å²) in [6.45, 7) is 2.50. The number of aromatic nitrogens is 5. The second-order valence-corrected chi connectivity index (χ2v) is 8.52. The average molecular weight is 488 g/mol. The third-order valence-corrected chi connectivity index (χ3v) is 5.76. The summed E-state index contributed by atoms with van der Waals surface area (Å²) >= 11 is 0. The zero-order valence-corrected chi connectivity index (χ0v) is 20.0. The molecule has 1 amide bonds. The highest BCUT2D eigenvalue weighted by atomic mass is 16.5. The number of ketones is 1. The molecule has 0 radical (unpaired) electrons. The van der Waals surface area contributed by atoms with Gasteiger partial charge in [-0.15, -0.1) is 0 Å². The summed E-state index contributed by atoms with van der Waals surface area (Å²) in [5.41, 5.74) is 2.39. The van der Waals surface area contributed by atoms with Crippen LogP contribution in [-0.4, -0.2) is 82.1 Å². The molecule has 184 valence electrons. The van der Waals surface area contributed by atoms with E-state index in [1.165, 1.54) is 4.90 Å². The van der Waals surface area contributed by atoms with Gasteiger partial charge in [0.05, 0.1) is 24.9 Å². The van der Waals surface area contributed by atoms with Gasteiger partial charge in [0.25, 0.3) is 5.91 Å². The number of Topliss-reactive ketones (excluding diaryl/α,β-unsaturated/α-hetero) is 1. The largest absolute Gasteiger partial charge is 0.424 e. The molecule has 0 spiro atoms. The fourth-order valence-electron chi connectivity index (χ4n) is 3.87. The molecule has 0 aliphatic carbocycles. The van der Waals surface area contributed by atoms with Crippen LogP contribution >= 0.6 is 0 Å². The molecular formula is C25H25N7O4. The van der Waals surface area contributed by atoms with Crippen LogP contribution in [0.25, 0.3) is 22.3 Å². The number of hydrogen-bond acceptors (Lipinski definition) is 9. The summed E-state index contributed by atoms with van der Waals surface area (Å²) in [6.07, 6.45) is 1.76. The molecule has 1 saturated heterocycles. The Morgan fingerprint density at radius 1 is 1.06 bits per heavy atom. The number of likely N-dealkylation sites (N-methyl/N-ethyl adjacent to an activating group) is 1. The second kappa shape index (κ2) is 10.1. The highest BCUT2D eigenvalue weighted by molar-refractivity contribution is 6.36. The summed E-state index contributed by atoms with van der Waals surface area (Å²) in [5.74, 6) is 0.466. The zero-order valence-electron chi connectivity index (χ0n) is 20.0. The Morgan fingerprint density at radius 2 is 1.83 bits per heavy atom. The van der Waals surface area contributed by atoms with Crippen molar-refractivity contribution in [3.63, 3.8) is 0 Å². The van der Waals surface area contributed by atoms with Crippen LogP contribution < -0.4 is 9.64 Å². The number of rotatable bonds is 7. The van der Waals surface area contributed by atoms with Gasteiger partial charge in [-0.25, -0.2) is 0 Å². The van der Waals surface area contributed by atoms with E-state index in [4.69, 9.17) is 14.5 Å². The number of fused-ring (bicyclic) bond motifs is 1. The Bertz CT molecular complexity index is 1400. The molecule has 1 aliphatic heterocycles. The van der Waals surface area contributed by atoms with Gasteiger partial charge in [0, 0.05) is 44.6 Å². The molecule has 1 aliphatic rings. The first-order valence-electron chi connectivity index (χ1n) is 11.5. The minimum absolute atomic E-state index is 0.0169. The van der Waals surface area contributed by atoms with Crippen molar-refractivity contribution in [2.75, 3.05) is 45.3 Å². The molecule has 2 aromatic carbocycles. The van der Waals surface area contributed by atoms with E-state index in [0.29, 0.717) is 49.4 Å². The molecule has 0 atom stereocenters. The first-order chi connectivity index (χ1) is 17.5. The third-order valence-electron chi connectivity index (χ3n) is 5.76. The summed E-state index contributed by atoms with van der Waals surface area (Å²) in [6, 6.07) is 12.9. The van der Waals surface area contributed by atoms with Gasteiger partial charge >= 0.3 is 6.01 Å². The van der Waals surface area contributed by atoms with Crippen LogP contribution in [0.1, 0.15) is 5.56 Å². The smallest absolute Gasteiger partial charge is 0.327 e. The number of benzene rings is 2. The van der Waals surface area contributed by atoms with Crippen LogP contribution in [0.4, 0.5) is 5.95 Å². The maximum absolute atomic E-state index is 12.1. The normalized spacial score (nSPS) is 13.6. The van der Waals surface area contributed by atoms with Gasteiger partial charge in [-0.3, -0.25) is 14.7 Å². The lowest BCUT2D eigenvalue weighted by Gasteiger charge is -2.27. The Kier molecular flexibility index (Phi) is 6.54. The van der Waals surface area contributed by atoms with Crippen molar-refractivity contribution in [2.45, 2.75) is 6.42 Å². The third kappa shape index (κ3) is 5.01. The predicted octanol–water partition coefficient (Wildman–Crippen LogP) is 2.24. The van der Waals surface area contributed by atoms with Crippen molar-refractivity contribution in [2.24, 2.45) is 0 Å². The van der Waals surface area contributed by atoms with Gasteiger partial charge in [0.1, 0.15) is 5.75 Å². The Hall–Kier alpha value is -4.38. The van der Waals surface area contributed by atoms with E-state index in [1.807, 2.05) is 23.1 Å². The van der Waals surface area contributed by atoms with Crippen LogP contribution in [0, 0.1) is 0 Å². The van der Waals surface area contributed by atoms with Gasteiger partial charge in [0.2, 0.25) is 11.7 Å². The van der Waals surface area contributed by atoms with Gasteiger partial charge < -0.3 is 19.3 Å². The van der Waals surface area contributed by atoms with Crippen LogP contribution in [-0.2, 0) is 20.7 Å². The molecule has 0 saturated carbocycles. The minimum Gasteiger partial charge on any atom is -0.424 e. The van der Waals surface area contributed by atoms with Crippen LogP contribution in [0.5, 0.6) is 11.8 Å². The van der Waals surface area contributed by atoms with Crippen molar-refractivity contribution in [3.8, 4) is 23.1 Å². The van der Waals surface area contributed by atoms with E-state index in [9.17, 15) is 9.59 Å². The number of aromatic amines is 1. The number of hydrogen-bond donors (Lipinski definition) is 1. The van der Waals surface area contributed by atoms with Crippen molar-refractivity contribution < 1.29 is 19.1 Å². The highest BCUT2D eigenvalue weighted by Gasteiger charge is 2.20. The van der Waals surface area contributed by atoms with Gasteiger partial charge in [-0.2, -0.15) is 20.1 Å². The molecule has 1 N–H and O–H groups in total. The van der Waals surface area contributed by atoms with E-state index in [2.05, 4.69) is 20.2 Å². The number of carbonyl (C=O) groups excluding carboxylic acids is 2. The van der Waals surface area contributed by atoms with E-state index < -0.39 is 11.7 Å². The number of nitrogens with zero attached hydrogens (tertiary/aromatic N) is 6. The van der Waals surface area contributed by atoms with Gasteiger partial charge in [-0.05, 0) is 23.8 Å². The summed E-state index contributed by atoms with van der Waals surface area (Å²) in [4.78, 5) is 41.1. The SMILES string of the molecule is CN(C)C(=O)C(=O)Cc1ccc(Oc2nc(-c3cccc4[nH]ncc34)nc(N3CCOCC3)n2)cc1. The molecule has 36 heavy (non-hydrogen) atoms. The molecule has 0 unspecified atom stereocenters. The number of H-pyrrole nitrogens is 1. The van der Waals surface area contributed by atoms with E-state index in [-0.39, 0.29) is 12.4 Å². The lowest BCUT2D eigenvalue weighted by Crippen LogP contribution is -2.37. The monoisotopic (exact) mass is 487 g/mol. The Balaban J connectivity index is 1.43. The molecular weight excluding hydrogens is 462 g/mol. The fraction of sp³-hybridized carbons (Fsp3) is 0.280. The molecule has 1 fully saturated rings. The highest BCUT2D eigenvalue weighted by Crippen LogP contribution is 2.29. The molecule has 0 bridgehead atoms. The van der Waals surface area contributed by atoms with Gasteiger partial charge in [-0.1, -0.05) is 24.3 Å².